The van der Waals surface area contributed by atoms with Gasteiger partial charge in [0.1, 0.15) is 17.7 Å². The average molecular weight is 738 g/mol. The summed E-state index contributed by atoms with van der Waals surface area (Å²) in [5.74, 6) is -3.48. The van der Waals surface area contributed by atoms with Crippen LogP contribution in [0.15, 0.2) is 60.8 Å². The van der Waals surface area contributed by atoms with Crippen molar-refractivity contribution in [2.75, 3.05) is 33.4 Å². The van der Waals surface area contributed by atoms with Crippen molar-refractivity contribution in [3.8, 4) is 33.5 Å². The first-order valence-corrected chi connectivity index (χ1v) is 18.4. The predicted octanol–water partition coefficient (Wildman–Crippen LogP) is 6.56. The SMILES string of the molecule is COC(=O)N[C@H](C(=O)N1CC2(CC1c1ncc(-c3ccc4c(c3)C(F)(F)c3cc(-c5ccc6nc(C7CCCN7)[nH]c6c5)ccc3-4)[nH]1)OCCO2)C(C)C. The van der Waals surface area contributed by atoms with Crippen molar-refractivity contribution in [3.63, 3.8) is 0 Å². The van der Waals surface area contributed by atoms with Crippen molar-refractivity contribution in [3.05, 3.63) is 83.6 Å². The fraction of sp³-hybridized carbons (Fsp3) is 0.400. The molecule has 2 unspecified atom stereocenters. The molecule has 3 aliphatic heterocycles. The summed E-state index contributed by atoms with van der Waals surface area (Å²) in [5, 5.41) is 6.11. The number of alkyl halides is 2. The van der Waals surface area contributed by atoms with Gasteiger partial charge in [0.2, 0.25) is 5.91 Å². The molecule has 5 aromatic rings. The molecule has 3 aromatic carbocycles. The van der Waals surface area contributed by atoms with Crippen LogP contribution in [0.1, 0.15) is 68.0 Å². The zero-order valence-electron chi connectivity index (χ0n) is 30.2. The minimum atomic E-state index is -3.24. The third-order valence-electron chi connectivity index (χ3n) is 11.2. The Balaban J connectivity index is 0.994. The molecule has 5 heterocycles. The first-order valence-electron chi connectivity index (χ1n) is 18.4. The third kappa shape index (κ3) is 5.74. The Bertz CT molecular complexity index is 2270. The van der Waals surface area contributed by atoms with E-state index < -0.39 is 29.9 Å². The molecule has 54 heavy (non-hydrogen) atoms. The number of methoxy groups -OCH3 is 1. The molecular formula is C40H41F2N7O5. The smallest absolute Gasteiger partial charge is 0.407 e. The number of likely N-dealkylation sites (tertiary alicyclic amines) is 1. The van der Waals surface area contributed by atoms with Crippen LogP contribution < -0.4 is 10.6 Å². The number of hydrogen-bond acceptors (Lipinski definition) is 8. The van der Waals surface area contributed by atoms with Gasteiger partial charge in [0.25, 0.3) is 5.92 Å². The molecule has 3 saturated heterocycles. The molecule has 280 valence electrons. The summed E-state index contributed by atoms with van der Waals surface area (Å²) < 4.78 is 49.6. The number of ether oxygens (including phenoxy) is 3. The minimum absolute atomic E-state index is 0.0414. The highest BCUT2D eigenvalue weighted by Gasteiger charge is 2.53. The van der Waals surface area contributed by atoms with E-state index in [9.17, 15) is 9.59 Å². The van der Waals surface area contributed by atoms with Crippen LogP contribution in [0.25, 0.3) is 44.5 Å². The molecule has 1 aliphatic carbocycles. The van der Waals surface area contributed by atoms with E-state index >= 15 is 8.78 Å². The van der Waals surface area contributed by atoms with Gasteiger partial charge in [-0.3, -0.25) is 4.79 Å². The van der Waals surface area contributed by atoms with Gasteiger partial charge in [-0.05, 0) is 71.8 Å². The van der Waals surface area contributed by atoms with Crippen molar-refractivity contribution in [1.82, 2.24) is 35.5 Å². The van der Waals surface area contributed by atoms with Crippen LogP contribution in [0, 0.1) is 5.92 Å². The normalized spacial score (nSPS) is 21.6. The van der Waals surface area contributed by atoms with E-state index in [1.807, 2.05) is 38.1 Å². The number of aromatic amines is 2. The van der Waals surface area contributed by atoms with Gasteiger partial charge in [0.15, 0.2) is 5.79 Å². The molecule has 9 rings (SSSR count). The number of carbonyl (C=O) groups is 2. The third-order valence-corrected chi connectivity index (χ3v) is 11.2. The van der Waals surface area contributed by atoms with Gasteiger partial charge in [0.05, 0.1) is 61.9 Å². The number of nitrogens with zero attached hydrogens (tertiary/aromatic N) is 3. The number of fused-ring (bicyclic) bond motifs is 4. The molecule has 3 atom stereocenters. The number of hydrogen-bond donors (Lipinski definition) is 4. The molecule has 4 aliphatic rings. The van der Waals surface area contributed by atoms with E-state index in [0.717, 1.165) is 41.8 Å². The van der Waals surface area contributed by atoms with Gasteiger partial charge in [-0.15, -0.1) is 0 Å². The number of alkyl carbamates (subject to hydrolysis) is 1. The molecule has 2 amide bonds. The second kappa shape index (κ2) is 13.0. The Labute approximate surface area is 310 Å². The number of carbonyl (C=O) groups excluding carboxylic acids is 2. The Hall–Kier alpha value is -5.18. The average Bonchev–Trinajstić information content (AvgIpc) is 4.03. The van der Waals surface area contributed by atoms with Crippen molar-refractivity contribution in [2.45, 2.75) is 62.9 Å². The lowest BCUT2D eigenvalue weighted by Gasteiger charge is -2.30. The van der Waals surface area contributed by atoms with Crippen LogP contribution in [0.3, 0.4) is 0 Å². The number of amides is 2. The highest BCUT2D eigenvalue weighted by molar-refractivity contribution is 5.88. The summed E-state index contributed by atoms with van der Waals surface area (Å²) in [6.45, 7) is 5.54. The van der Waals surface area contributed by atoms with E-state index in [4.69, 9.17) is 19.2 Å². The number of imidazole rings is 2. The zero-order chi connectivity index (χ0) is 37.4. The second-order valence-corrected chi connectivity index (χ2v) is 14.9. The molecule has 0 saturated carbocycles. The molecule has 4 N–H and O–H groups in total. The Morgan fingerprint density at radius 3 is 2.37 bits per heavy atom. The van der Waals surface area contributed by atoms with E-state index in [0.29, 0.717) is 53.4 Å². The van der Waals surface area contributed by atoms with Crippen molar-refractivity contribution >= 4 is 23.0 Å². The molecular weight excluding hydrogens is 696 g/mol. The molecule has 14 heteroatoms. The second-order valence-electron chi connectivity index (χ2n) is 14.9. The largest absolute Gasteiger partial charge is 0.453 e. The summed E-state index contributed by atoms with van der Waals surface area (Å²) >= 11 is 0. The number of aromatic nitrogens is 4. The number of H-pyrrole nitrogens is 2. The van der Waals surface area contributed by atoms with Gasteiger partial charge < -0.3 is 39.7 Å². The van der Waals surface area contributed by atoms with Crippen LogP contribution in [-0.2, 0) is 24.9 Å². The first-order chi connectivity index (χ1) is 26.0. The zero-order valence-corrected chi connectivity index (χ0v) is 30.2. The Morgan fingerprint density at radius 2 is 1.67 bits per heavy atom. The fourth-order valence-corrected chi connectivity index (χ4v) is 8.41. The predicted molar refractivity (Wildman–Crippen MR) is 195 cm³/mol. The van der Waals surface area contributed by atoms with Crippen LogP contribution in [-0.4, -0.2) is 82.1 Å². The Kier molecular flexibility index (Phi) is 8.32. The van der Waals surface area contributed by atoms with Gasteiger partial charge in [-0.2, -0.15) is 8.78 Å². The summed E-state index contributed by atoms with van der Waals surface area (Å²) in [7, 11) is 1.24. The van der Waals surface area contributed by atoms with Crippen LogP contribution in [0.4, 0.5) is 13.6 Å². The minimum Gasteiger partial charge on any atom is -0.453 e. The number of rotatable bonds is 7. The van der Waals surface area contributed by atoms with E-state index in [1.165, 1.54) is 13.2 Å². The summed E-state index contributed by atoms with van der Waals surface area (Å²) in [4.78, 5) is 43.8. The lowest BCUT2D eigenvalue weighted by atomic mass is 9.98. The fourth-order valence-electron chi connectivity index (χ4n) is 8.41. The molecule has 0 bridgehead atoms. The first kappa shape index (κ1) is 34.6. The van der Waals surface area contributed by atoms with Crippen LogP contribution in [0.2, 0.25) is 0 Å². The standard InChI is InChI=1S/C40H41F2N7O5/c1-21(2)34(48-38(51)52-3)37(50)49-20-39(53-13-14-54-39)18-33(49)36-44-19-32(47-36)24-7-10-26-25-9-6-22(15-27(25)40(41,42)28(26)16-24)23-8-11-29-31(17-23)46-35(45-29)30-5-4-12-43-30/h6-11,15-17,19,21,30,33-34,43H,4-5,12-14,18,20H2,1-3H3,(H,44,47)(H,45,46)(H,48,51)/t30?,33?,34-/m0/s1. The van der Waals surface area contributed by atoms with Gasteiger partial charge in [-0.1, -0.05) is 44.2 Å². The van der Waals surface area contributed by atoms with E-state index in [1.54, 1.807) is 35.4 Å². The molecule has 2 aromatic heterocycles. The number of halogens is 2. The number of benzene rings is 3. The van der Waals surface area contributed by atoms with Gasteiger partial charge in [0, 0.05) is 23.1 Å². The lowest BCUT2D eigenvalue weighted by molar-refractivity contribution is -0.153. The summed E-state index contributed by atoms with van der Waals surface area (Å²) in [6, 6.07) is 14.9. The van der Waals surface area contributed by atoms with Crippen LogP contribution in [0.5, 0.6) is 0 Å². The highest BCUT2D eigenvalue weighted by Crippen LogP contribution is 2.53. The molecule has 0 radical (unpaired) electrons. The molecule has 12 nitrogen and oxygen atoms in total. The lowest BCUT2D eigenvalue weighted by Crippen LogP contribution is -2.52. The van der Waals surface area contributed by atoms with Crippen molar-refractivity contribution in [1.29, 1.82) is 0 Å². The van der Waals surface area contributed by atoms with Crippen molar-refractivity contribution < 1.29 is 32.6 Å². The number of nitrogens with one attached hydrogen (secondary N) is 4. The quantitative estimate of drug-likeness (QED) is 0.147. The maximum Gasteiger partial charge on any atom is 0.407 e. The van der Waals surface area contributed by atoms with Crippen molar-refractivity contribution in [2.24, 2.45) is 5.92 Å². The highest BCUT2D eigenvalue weighted by atomic mass is 19.3. The summed E-state index contributed by atoms with van der Waals surface area (Å²) in [5.41, 5.74) is 5.14. The maximum atomic E-state index is 16.4. The van der Waals surface area contributed by atoms with Gasteiger partial charge in [-0.25, -0.2) is 14.8 Å². The summed E-state index contributed by atoms with van der Waals surface area (Å²) in [6.07, 6.45) is 3.31. The maximum absolute atomic E-state index is 16.4. The van der Waals surface area contributed by atoms with E-state index in [2.05, 4.69) is 25.6 Å². The van der Waals surface area contributed by atoms with E-state index in [-0.39, 0.29) is 35.5 Å². The Morgan fingerprint density at radius 1 is 0.963 bits per heavy atom. The molecule has 1 spiro atoms. The van der Waals surface area contributed by atoms with Crippen LogP contribution >= 0.6 is 0 Å². The molecule has 3 fully saturated rings. The topological polar surface area (TPSA) is 146 Å². The monoisotopic (exact) mass is 737 g/mol. The van der Waals surface area contributed by atoms with Gasteiger partial charge >= 0.3 is 6.09 Å².